The number of rotatable bonds is 13. The molecule has 1 aromatic heterocycles. The van der Waals surface area contributed by atoms with Crippen molar-refractivity contribution in [3.05, 3.63) is 113 Å². The average molecular weight is 922 g/mol. The number of aliphatic hydroxyl groups excluding tert-OH is 1. The molecular weight excluding hydrogens is 871 g/mol. The molecule has 54 heavy (non-hydrogen) atoms. The molecule has 5 rings (SSSR count). The van der Waals surface area contributed by atoms with Crippen LogP contribution < -0.4 is 0 Å². The second kappa shape index (κ2) is 20.1. The zero-order chi connectivity index (χ0) is 38.9. The molecule has 9 heteroatoms. The summed E-state index contributed by atoms with van der Waals surface area (Å²) < 4.78 is 63.2. The van der Waals surface area contributed by atoms with E-state index in [9.17, 15) is 27.5 Å². The number of aryl methyl sites for hydroxylation is 1. The maximum Gasteiger partial charge on any atom is 0.417 e. The Labute approximate surface area is 330 Å². The maximum atomic E-state index is 14.5. The molecule has 291 valence electrons. The molecule has 2 N–H and O–H groups in total. The minimum Gasteiger partial charge on any atom is -0.512 e. The molecule has 0 saturated carbocycles. The first-order valence-electron chi connectivity index (χ1n) is 18.6. The third kappa shape index (κ3) is 10.6. The van der Waals surface area contributed by atoms with Crippen LogP contribution in [0.4, 0.5) is 17.6 Å². The molecule has 1 heterocycles. The number of allylic oxidation sites excluding steroid dienone is 2. The number of hydrogen-bond donors (Lipinski definition) is 1. The summed E-state index contributed by atoms with van der Waals surface area (Å²) in [5, 5.41) is 12.1. The summed E-state index contributed by atoms with van der Waals surface area (Å²) in [5.41, 5.74) is 2.12. The van der Waals surface area contributed by atoms with Crippen molar-refractivity contribution in [3.8, 4) is 22.4 Å². The minimum atomic E-state index is -4.67. The summed E-state index contributed by atoms with van der Waals surface area (Å²) in [6.45, 7) is 14.8. The van der Waals surface area contributed by atoms with Crippen LogP contribution in [-0.4, -0.2) is 27.3 Å². The van der Waals surface area contributed by atoms with Gasteiger partial charge in [-0.3, -0.25) is 4.79 Å². The number of aliphatic hydroxyl groups is 1. The summed E-state index contributed by atoms with van der Waals surface area (Å²) in [6, 6.07) is 20.7. The standard InChI is InChI=1S/C32H26F4NO.C13H24O2.Ir/c1-4-13-38-20(3)22-14-19(2)15-23(16-22)31-26-10-9-21-17-28(25-7-5-6-8-30(25)33)29(32(34,35)36)18-27(21)24(26)11-12-37-31;1-5-10(6-2)12(14)9-13(15)11(7-3)8-4;/h5-12,14,16-18,20H,4,13H2,1-3H3;9-11,14H,5-8H2,1-4H3;/q-1;;/p+1/b;12-9-;. The molecule has 0 aliphatic rings. The molecular formula is C45H51F4IrNO3. The summed E-state index contributed by atoms with van der Waals surface area (Å²) in [6.07, 6.45) is 2.92. The monoisotopic (exact) mass is 922 g/mol. The van der Waals surface area contributed by atoms with Gasteiger partial charge >= 0.3 is 12.0 Å². The predicted molar refractivity (Wildman–Crippen MR) is 209 cm³/mol. The Morgan fingerprint density at radius 2 is 1.54 bits per heavy atom. The Bertz CT molecular complexity index is 2050. The van der Waals surface area contributed by atoms with Crippen molar-refractivity contribution in [1.29, 1.82) is 0 Å². The number of pyridine rings is 1. The van der Waals surface area contributed by atoms with Gasteiger partial charge in [0.25, 0.3) is 0 Å². The van der Waals surface area contributed by atoms with Crippen LogP contribution in [-0.2, 0) is 31.0 Å². The summed E-state index contributed by atoms with van der Waals surface area (Å²) in [4.78, 5) is 14.4. The Kier molecular flexibility index (Phi) is 16.6. The molecule has 0 aliphatic heterocycles. The first-order valence-corrected chi connectivity index (χ1v) is 18.6. The molecule has 0 aliphatic carbocycles. The molecule has 0 saturated heterocycles. The van der Waals surface area contributed by atoms with Gasteiger partial charge in [0.05, 0.1) is 23.7 Å². The van der Waals surface area contributed by atoms with Gasteiger partial charge in [-0.1, -0.05) is 71.9 Å². The quantitative estimate of drug-likeness (QED) is 0.0320. The van der Waals surface area contributed by atoms with Gasteiger partial charge in [-0.05, 0) is 96.1 Å². The van der Waals surface area contributed by atoms with Crippen LogP contribution in [0.5, 0.6) is 0 Å². The molecule has 0 spiro atoms. The first-order chi connectivity index (χ1) is 25.3. The number of aromatic nitrogens is 1. The topological polar surface area (TPSA) is 63.8 Å². The first kappa shape index (κ1) is 44.5. The van der Waals surface area contributed by atoms with Gasteiger partial charge in [-0.15, -0.1) is 34.9 Å². The van der Waals surface area contributed by atoms with Crippen molar-refractivity contribution in [2.75, 3.05) is 6.61 Å². The summed E-state index contributed by atoms with van der Waals surface area (Å²) >= 11 is 0. The van der Waals surface area contributed by atoms with Gasteiger partial charge < -0.3 is 14.8 Å². The fraction of sp³-hybridized carbons (Fsp3) is 0.378. The van der Waals surface area contributed by atoms with Gasteiger partial charge in [0.15, 0.2) is 0 Å². The molecule has 4 aromatic carbocycles. The van der Waals surface area contributed by atoms with Gasteiger partial charge in [0.2, 0.25) is 0 Å². The summed E-state index contributed by atoms with van der Waals surface area (Å²) in [5.74, 6) is 0.310. The minimum absolute atomic E-state index is 0. The Morgan fingerprint density at radius 1 is 0.870 bits per heavy atom. The number of carbonyl (C=O) groups excluding carboxylic acids is 1. The van der Waals surface area contributed by atoms with E-state index in [1.54, 1.807) is 24.4 Å². The van der Waals surface area contributed by atoms with Crippen molar-refractivity contribution in [2.45, 2.75) is 92.9 Å². The van der Waals surface area contributed by atoms with Crippen LogP contribution in [0.15, 0.2) is 84.8 Å². The molecule has 4 nitrogen and oxygen atoms in total. The van der Waals surface area contributed by atoms with E-state index in [2.05, 4.69) is 18.0 Å². The number of hydrogen-bond acceptors (Lipinski definition) is 3. The van der Waals surface area contributed by atoms with Crippen molar-refractivity contribution in [1.82, 2.24) is 4.98 Å². The Morgan fingerprint density at radius 3 is 2.15 bits per heavy atom. The van der Waals surface area contributed by atoms with Crippen LogP contribution in [0, 0.1) is 30.6 Å². The van der Waals surface area contributed by atoms with Crippen molar-refractivity contribution in [2.24, 2.45) is 11.8 Å². The zero-order valence-electron chi connectivity index (χ0n) is 32.1. The largest absolute Gasteiger partial charge is 0.512 e. The molecule has 0 bridgehead atoms. The van der Waals surface area contributed by atoms with Crippen molar-refractivity contribution < 1.29 is 52.3 Å². The molecule has 5 aromatic rings. The Hall–Kier alpha value is -3.91. The smallest absolute Gasteiger partial charge is 0.417 e. The molecule has 0 fully saturated rings. The SMILES string of the molecule is CCC(CC)C(=[OH+])/C=C(\O)C(CC)CC.CCCOC(C)c1cc(C)[c-]c(-c2nccc3c2ccc2cc(-c4ccccc4F)c(C(F)(F)F)cc23)c1.[Ir]. The number of ether oxygens (including phenoxy) is 1. The van der Waals surface area contributed by atoms with E-state index in [1.165, 1.54) is 30.3 Å². The van der Waals surface area contributed by atoms with Crippen molar-refractivity contribution >= 4 is 27.3 Å². The van der Waals surface area contributed by atoms with Crippen LogP contribution in [0.3, 0.4) is 0 Å². The second-order valence-corrected chi connectivity index (χ2v) is 13.5. The fourth-order valence-electron chi connectivity index (χ4n) is 6.69. The number of ketones is 1. The van der Waals surface area contributed by atoms with Gasteiger partial charge in [0, 0.05) is 44.4 Å². The fourth-order valence-corrected chi connectivity index (χ4v) is 6.69. The molecule has 1 atom stereocenters. The van der Waals surface area contributed by atoms with Gasteiger partial charge in [0.1, 0.15) is 11.6 Å². The number of nitrogens with zero attached hydrogens (tertiary/aromatic N) is 1. The molecule has 1 radical (unpaired) electrons. The van der Waals surface area contributed by atoms with Crippen LogP contribution >= 0.6 is 0 Å². The van der Waals surface area contributed by atoms with Crippen LogP contribution in [0.25, 0.3) is 43.9 Å². The average Bonchev–Trinajstić information content (AvgIpc) is 3.13. The number of halogens is 4. The third-order valence-corrected chi connectivity index (χ3v) is 9.80. The Balaban J connectivity index is 0.000000418. The van der Waals surface area contributed by atoms with E-state index >= 15 is 0 Å². The van der Waals surface area contributed by atoms with Crippen LogP contribution in [0.1, 0.15) is 96.4 Å². The van der Waals surface area contributed by atoms with Gasteiger partial charge in [-0.25, -0.2) is 4.39 Å². The number of alkyl halides is 3. The van der Waals surface area contributed by atoms with E-state index in [0.717, 1.165) is 54.9 Å². The molecule has 0 amide bonds. The third-order valence-electron chi connectivity index (χ3n) is 9.80. The zero-order valence-corrected chi connectivity index (χ0v) is 34.5. The summed E-state index contributed by atoms with van der Waals surface area (Å²) in [7, 11) is 0. The number of benzene rings is 4. The predicted octanol–water partition coefficient (Wildman–Crippen LogP) is 13.3. The normalized spacial score (nSPS) is 12.5. The van der Waals surface area contributed by atoms with E-state index < -0.39 is 17.6 Å². The van der Waals surface area contributed by atoms with E-state index in [-0.39, 0.29) is 49.2 Å². The van der Waals surface area contributed by atoms with E-state index in [0.29, 0.717) is 45.4 Å². The van der Waals surface area contributed by atoms with Crippen molar-refractivity contribution in [3.63, 3.8) is 0 Å². The second-order valence-electron chi connectivity index (χ2n) is 13.5. The van der Waals surface area contributed by atoms with E-state index in [4.69, 9.17) is 4.74 Å². The maximum absolute atomic E-state index is 14.5. The molecule has 1 unspecified atom stereocenters. The number of fused-ring (bicyclic) bond motifs is 3. The van der Waals surface area contributed by atoms with E-state index in [1.807, 2.05) is 59.7 Å². The van der Waals surface area contributed by atoms with Crippen LogP contribution in [0.2, 0.25) is 0 Å². The van der Waals surface area contributed by atoms with Gasteiger partial charge in [-0.2, -0.15) is 13.2 Å².